The lowest BCUT2D eigenvalue weighted by Gasteiger charge is -2.25. The lowest BCUT2D eigenvalue weighted by Crippen LogP contribution is -2.36. The van der Waals surface area contributed by atoms with Crippen molar-refractivity contribution < 1.29 is 4.79 Å². The predicted octanol–water partition coefficient (Wildman–Crippen LogP) is 2.30. The van der Waals surface area contributed by atoms with Crippen LogP contribution in [0, 0.1) is 6.92 Å². The molecule has 0 atom stereocenters. The zero-order valence-corrected chi connectivity index (χ0v) is 16.5. The number of pyridine rings is 1. The maximum Gasteiger partial charge on any atom is 0.272 e. The van der Waals surface area contributed by atoms with Crippen LogP contribution in [0.25, 0.3) is 5.78 Å². The first-order valence-electron chi connectivity index (χ1n) is 9.70. The van der Waals surface area contributed by atoms with Crippen LogP contribution in [-0.2, 0) is 0 Å². The van der Waals surface area contributed by atoms with Gasteiger partial charge in [-0.3, -0.25) is 9.78 Å². The molecule has 4 rings (SSSR count). The average Bonchev–Trinajstić information content (AvgIpc) is 3.03. The summed E-state index contributed by atoms with van der Waals surface area (Å²) in [5, 5.41) is 4.23. The van der Waals surface area contributed by atoms with Crippen LogP contribution in [0.3, 0.4) is 0 Å². The number of carbonyl (C=O) groups is 1. The van der Waals surface area contributed by atoms with E-state index in [1.54, 1.807) is 4.52 Å². The standard InChI is InChI=1S/C20H25N7O/c1-14(2)18-11-16(24-20-22-13-23-27(18)20)19(28)26-8-4-7-25(9-10-26)17-5-6-21-12-15(17)3/h5-6,11-14H,4,7-10H2,1-3H3. The lowest BCUT2D eigenvalue weighted by atomic mass is 10.1. The van der Waals surface area contributed by atoms with Gasteiger partial charge in [0, 0.05) is 44.3 Å². The Labute approximate surface area is 164 Å². The van der Waals surface area contributed by atoms with E-state index in [0.717, 1.165) is 37.3 Å². The van der Waals surface area contributed by atoms with Crippen LogP contribution in [0.4, 0.5) is 5.69 Å². The van der Waals surface area contributed by atoms with Crippen LogP contribution in [0.1, 0.15) is 47.9 Å². The van der Waals surface area contributed by atoms with Gasteiger partial charge in [-0.25, -0.2) is 9.50 Å². The Morgan fingerprint density at radius 3 is 2.82 bits per heavy atom. The third kappa shape index (κ3) is 3.42. The van der Waals surface area contributed by atoms with Crippen LogP contribution in [0.5, 0.6) is 0 Å². The van der Waals surface area contributed by atoms with Crippen LogP contribution in [-0.4, -0.2) is 61.6 Å². The van der Waals surface area contributed by atoms with Gasteiger partial charge < -0.3 is 9.80 Å². The third-order valence-electron chi connectivity index (χ3n) is 5.20. The molecule has 0 aliphatic carbocycles. The normalized spacial score (nSPS) is 15.3. The largest absolute Gasteiger partial charge is 0.369 e. The van der Waals surface area contributed by atoms with E-state index in [9.17, 15) is 4.79 Å². The van der Waals surface area contributed by atoms with Crippen LogP contribution in [0.15, 0.2) is 30.9 Å². The number of aryl methyl sites for hydroxylation is 1. The van der Waals surface area contributed by atoms with Crippen molar-refractivity contribution in [1.29, 1.82) is 0 Å². The van der Waals surface area contributed by atoms with E-state index in [0.29, 0.717) is 18.0 Å². The number of hydrogen-bond acceptors (Lipinski definition) is 6. The molecule has 146 valence electrons. The first-order chi connectivity index (χ1) is 13.5. The zero-order valence-electron chi connectivity index (χ0n) is 16.5. The molecule has 1 aliphatic heterocycles. The SMILES string of the molecule is Cc1cnccc1N1CCCN(C(=O)c2cc(C(C)C)n3ncnc3n2)CC1. The molecule has 1 saturated heterocycles. The summed E-state index contributed by atoms with van der Waals surface area (Å²) in [6.45, 7) is 9.31. The molecule has 0 unspecified atom stereocenters. The molecule has 4 heterocycles. The Kier molecular flexibility index (Phi) is 4.93. The van der Waals surface area contributed by atoms with Crippen LogP contribution >= 0.6 is 0 Å². The van der Waals surface area contributed by atoms with Crippen molar-refractivity contribution in [2.24, 2.45) is 0 Å². The highest BCUT2D eigenvalue weighted by atomic mass is 16.2. The molecule has 1 fully saturated rings. The summed E-state index contributed by atoms with van der Waals surface area (Å²) < 4.78 is 1.71. The van der Waals surface area contributed by atoms with Gasteiger partial charge in [-0.2, -0.15) is 10.1 Å². The molecule has 0 spiro atoms. The van der Waals surface area contributed by atoms with E-state index in [2.05, 4.69) is 45.7 Å². The van der Waals surface area contributed by atoms with E-state index in [-0.39, 0.29) is 11.8 Å². The fourth-order valence-electron chi connectivity index (χ4n) is 3.70. The fourth-order valence-corrected chi connectivity index (χ4v) is 3.70. The van der Waals surface area contributed by atoms with Gasteiger partial charge in [0.15, 0.2) is 0 Å². The van der Waals surface area contributed by atoms with Gasteiger partial charge >= 0.3 is 0 Å². The molecule has 0 N–H and O–H groups in total. The summed E-state index contributed by atoms with van der Waals surface area (Å²) in [4.78, 5) is 30.2. The molecule has 28 heavy (non-hydrogen) atoms. The van der Waals surface area contributed by atoms with E-state index in [4.69, 9.17) is 0 Å². The highest BCUT2D eigenvalue weighted by Gasteiger charge is 2.24. The summed E-state index contributed by atoms with van der Waals surface area (Å²) in [5.74, 6) is 0.646. The van der Waals surface area contributed by atoms with Gasteiger partial charge in [-0.1, -0.05) is 13.8 Å². The van der Waals surface area contributed by atoms with Gasteiger partial charge in [0.2, 0.25) is 0 Å². The van der Waals surface area contributed by atoms with E-state index in [1.165, 1.54) is 12.0 Å². The van der Waals surface area contributed by atoms with E-state index < -0.39 is 0 Å². The smallest absolute Gasteiger partial charge is 0.272 e. The first kappa shape index (κ1) is 18.3. The van der Waals surface area contributed by atoms with Crippen LogP contribution in [0.2, 0.25) is 0 Å². The zero-order chi connectivity index (χ0) is 19.7. The molecule has 8 heteroatoms. The summed E-state index contributed by atoms with van der Waals surface area (Å²) in [7, 11) is 0. The minimum absolute atomic E-state index is 0.0410. The van der Waals surface area contributed by atoms with Gasteiger partial charge in [-0.15, -0.1) is 0 Å². The maximum atomic E-state index is 13.2. The Hall–Kier alpha value is -3.03. The van der Waals surface area contributed by atoms with E-state index in [1.807, 2.05) is 29.4 Å². The summed E-state index contributed by atoms with van der Waals surface area (Å²) in [5.41, 5.74) is 3.73. The Morgan fingerprint density at radius 2 is 2.04 bits per heavy atom. The van der Waals surface area contributed by atoms with Crippen molar-refractivity contribution in [3.8, 4) is 0 Å². The lowest BCUT2D eigenvalue weighted by molar-refractivity contribution is 0.0761. The Morgan fingerprint density at radius 1 is 1.18 bits per heavy atom. The van der Waals surface area contributed by atoms with Gasteiger partial charge in [0.1, 0.15) is 12.0 Å². The van der Waals surface area contributed by atoms with Gasteiger partial charge in [-0.05, 0) is 37.0 Å². The monoisotopic (exact) mass is 379 g/mol. The van der Waals surface area contributed by atoms with Crippen molar-refractivity contribution in [1.82, 2.24) is 29.5 Å². The van der Waals surface area contributed by atoms with Crippen LogP contribution < -0.4 is 4.90 Å². The first-order valence-corrected chi connectivity index (χ1v) is 9.70. The molecule has 0 radical (unpaired) electrons. The predicted molar refractivity (Wildman–Crippen MR) is 107 cm³/mol. The Bertz CT molecular complexity index is 997. The minimum Gasteiger partial charge on any atom is -0.369 e. The molecule has 0 bridgehead atoms. The highest BCUT2D eigenvalue weighted by Crippen LogP contribution is 2.21. The average molecular weight is 379 g/mol. The molecular weight excluding hydrogens is 354 g/mol. The topological polar surface area (TPSA) is 79.5 Å². The second-order valence-corrected chi connectivity index (χ2v) is 7.49. The number of nitrogens with zero attached hydrogens (tertiary/aromatic N) is 7. The molecule has 0 saturated carbocycles. The molecule has 3 aromatic rings. The summed E-state index contributed by atoms with van der Waals surface area (Å²) in [6.07, 6.45) is 6.09. The molecule has 1 aliphatic rings. The molecule has 0 aromatic carbocycles. The number of aromatic nitrogens is 5. The molecular formula is C20H25N7O. The third-order valence-corrected chi connectivity index (χ3v) is 5.20. The second-order valence-electron chi connectivity index (χ2n) is 7.49. The van der Waals surface area contributed by atoms with Crippen molar-refractivity contribution in [2.45, 2.75) is 33.1 Å². The number of anilines is 1. The molecule has 3 aromatic heterocycles. The summed E-state index contributed by atoms with van der Waals surface area (Å²) in [6, 6.07) is 3.90. The van der Waals surface area contributed by atoms with Crippen molar-refractivity contribution in [3.05, 3.63) is 47.8 Å². The maximum absolute atomic E-state index is 13.2. The van der Waals surface area contributed by atoms with E-state index >= 15 is 0 Å². The van der Waals surface area contributed by atoms with Gasteiger partial charge in [0.05, 0.1) is 5.69 Å². The quantitative estimate of drug-likeness (QED) is 0.695. The Balaban J connectivity index is 1.56. The number of amides is 1. The number of carbonyl (C=O) groups excluding carboxylic acids is 1. The summed E-state index contributed by atoms with van der Waals surface area (Å²) >= 11 is 0. The number of rotatable bonds is 3. The van der Waals surface area contributed by atoms with Crippen molar-refractivity contribution >= 4 is 17.4 Å². The second kappa shape index (κ2) is 7.53. The van der Waals surface area contributed by atoms with Crippen molar-refractivity contribution in [3.63, 3.8) is 0 Å². The van der Waals surface area contributed by atoms with Crippen molar-refractivity contribution in [2.75, 3.05) is 31.1 Å². The number of hydrogen-bond donors (Lipinski definition) is 0. The fraction of sp³-hybridized carbons (Fsp3) is 0.450. The highest BCUT2D eigenvalue weighted by molar-refractivity contribution is 5.93. The number of fused-ring (bicyclic) bond motifs is 1. The molecule has 8 nitrogen and oxygen atoms in total. The molecule has 1 amide bonds. The minimum atomic E-state index is -0.0410. The van der Waals surface area contributed by atoms with Gasteiger partial charge in [0.25, 0.3) is 11.7 Å².